The number of carbonyl (C=O) groups is 2. The van der Waals surface area contributed by atoms with Gasteiger partial charge in [-0.1, -0.05) is 13.8 Å². The zero-order valence-electron chi connectivity index (χ0n) is 21.1. The van der Waals surface area contributed by atoms with Crippen LogP contribution in [0.25, 0.3) is 11.3 Å². The van der Waals surface area contributed by atoms with E-state index in [0.29, 0.717) is 31.9 Å². The molecule has 0 radical (unpaired) electrons. The van der Waals surface area contributed by atoms with Gasteiger partial charge >= 0.3 is 5.97 Å². The number of amides is 1. The van der Waals surface area contributed by atoms with Crippen molar-refractivity contribution in [2.24, 2.45) is 29.7 Å². The molecule has 2 saturated heterocycles. The summed E-state index contributed by atoms with van der Waals surface area (Å²) in [6.07, 6.45) is 3.78. The second kappa shape index (κ2) is 7.14. The molecule has 4 fully saturated rings. The maximum atomic E-state index is 14.3. The van der Waals surface area contributed by atoms with Crippen molar-refractivity contribution in [1.82, 2.24) is 19.4 Å². The number of ether oxygens (including phenoxy) is 1. The van der Waals surface area contributed by atoms with E-state index in [1.165, 1.54) is 22.9 Å². The fourth-order valence-electron chi connectivity index (χ4n) is 6.91. The fourth-order valence-corrected chi connectivity index (χ4v) is 6.91. The van der Waals surface area contributed by atoms with E-state index >= 15 is 0 Å². The van der Waals surface area contributed by atoms with Crippen LogP contribution in [0.1, 0.15) is 33.6 Å². The van der Waals surface area contributed by atoms with Gasteiger partial charge in [0.1, 0.15) is 0 Å². The summed E-state index contributed by atoms with van der Waals surface area (Å²) in [5.74, 6) is -0.00435. The van der Waals surface area contributed by atoms with Gasteiger partial charge in [0.05, 0.1) is 17.3 Å². The number of nitrogens with zero attached hydrogens (tertiary/aromatic N) is 5. The normalized spacial score (nSPS) is 33.4. The Morgan fingerprint density at radius 1 is 1.19 bits per heavy atom. The van der Waals surface area contributed by atoms with Crippen molar-refractivity contribution < 1.29 is 18.7 Å². The van der Waals surface area contributed by atoms with Crippen molar-refractivity contribution in [3.8, 4) is 11.3 Å². The predicted octanol–water partition coefficient (Wildman–Crippen LogP) is 2.00. The quantitative estimate of drug-likeness (QED) is 0.599. The Morgan fingerprint density at radius 3 is 2.47 bits per heavy atom. The molecule has 4 aliphatic rings. The van der Waals surface area contributed by atoms with E-state index in [1.54, 1.807) is 7.05 Å². The van der Waals surface area contributed by atoms with Gasteiger partial charge < -0.3 is 14.5 Å². The lowest BCUT2D eigenvalue weighted by molar-refractivity contribution is -0.173. The molecular formula is C26H30FN5O4. The summed E-state index contributed by atoms with van der Waals surface area (Å²) in [7, 11) is 3.53. The highest BCUT2D eigenvalue weighted by atomic mass is 19.1. The van der Waals surface area contributed by atoms with Gasteiger partial charge in [-0.2, -0.15) is 0 Å². The van der Waals surface area contributed by atoms with Crippen LogP contribution in [-0.4, -0.2) is 63.1 Å². The smallest absolute Gasteiger partial charge is 0.313 e. The van der Waals surface area contributed by atoms with E-state index in [-0.39, 0.29) is 46.6 Å². The third-order valence-corrected chi connectivity index (χ3v) is 9.79. The number of carbonyl (C=O) groups excluding carboxylic acids is 2. The molecule has 2 aliphatic carbocycles. The van der Waals surface area contributed by atoms with Crippen molar-refractivity contribution >= 4 is 17.8 Å². The van der Waals surface area contributed by atoms with Crippen molar-refractivity contribution in [1.29, 1.82) is 0 Å². The Balaban J connectivity index is 1.21. The highest BCUT2D eigenvalue weighted by Gasteiger charge is 2.77. The van der Waals surface area contributed by atoms with E-state index in [2.05, 4.69) is 9.97 Å². The van der Waals surface area contributed by atoms with Gasteiger partial charge in [0.25, 0.3) is 11.5 Å². The highest BCUT2D eigenvalue weighted by Crippen LogP contribution is 2.66. The molecule has 5 atom stereocenters. The average Bonchev–Trinajstić information content (AvgIpc) is 3.18. The molecule has 6 rings (SSSR count). The third-order valence-electron chi connectivity index (χ3n) is 9.79. The summed E-state index contributed by atoms with van der Waals surface area (Å²) in [5, 5.41) is 0. The summed E-state index contributed by atoms with van der Waals surface area (Å²) in [4.78, 5) is 51.2. The van der Waals surface area contributed by atoms with Crippen LogP contribution in [0.4, 0.5) is 10.3 Å². The van der Waals surface area contributed by atoms with Crippen molar-refractivity contribution in [2.45, 2.75) is 45.3 Å². The number of fused-ring (bicyclic) bond motifs is 3. The maximum absolute atomic E-state index is 14.3. The first-order chi connectivity index (χ1) is 16.9. The molecular weight excluding hydrogens is 465 g/mol. The number of rotatable bonds is 4. The SMILES string of the molecule is CN(c1nc(-c2ccncc2F)cc(=O)n1C)C1[C@H]2CN(C(=O)[C@]34CC[C@@](C)(C(=O)O3)C4(C)C)C[C@@H]12. The summed E-state index contributed by atoms with van der Waals surface area (Å²) in [6, 6.07) is 2.93. The van der Waals surface area contributed by atoms with Crippen LogP contribution in [0.3, 0.4) is 0 Å². The van der Waals surface area contributed by atoms with Crippen molar-refractivity contribution in [2.75, 3.05) is 25.0 Å². The minimum absolute atomic E-state index is 0.0867. The van der Waals surface area contributed by atoms with E-state index < -0.39 is 22.2 Å². The largest absolute Gasteiger partial charge is 0.448 e. The first kappa shape index (κ1) is 23.1. The number of pyridine rings is 1. The lowest BCUT2D eigenvalue weighted by atomic mass is 9.66. The van der Waals surface area contributed by atoms with Crippen molar-refractivity contribution in [3.63, 3.8) is 0 Å². The minimum Gasteiger partial charge on any atom is -0.448 e. The number of esters is 1. The molecule has 1 unspecified atom stereocenters. The molecule has 2 aliphatic heterocycles. The van der Waals surface area contributed by atoms with Crippen LogP contribution in [0.15, 0.2) is 29.3 Å². The number of likely N-dealkylation sites (tertiary alicyclic amines) is 1. The number of aromatic nitrogens is 3. The number of halogens is 1. The molecule has 2 aromatic rings. The number of piperidine rings is 1. The van der Waals surface area contributed by atoms with E-state index in [9.17, 15) is 18.8 Å². The van der Waals surface area contributed by atoms with Gasteiger partial charge in [-0.25, -0.2) is 9.37 Å². The zero-order chi connectivity index (χ0) is 25.8. The Bertz CT molecular complexity index is 1360. The molecule has 0 aromatic carbocycles. The Labute approximate surface area is 208 Å². The zero-order valence-corrected chi connectivity index (χ0v) is 21.1. The van der Waals surface area contributed by atoms with Gasteiger partial charge in [-0.3, -0.25) is 23.9 Å². The molecule has 9 nitrogen and oxygen atoms in total. The van der Waals surface area contributed by atoms with E-state index in [0.717, 1.165) is 6.20 Å². The predicted molar refractivity (Wildman–Crippen MR) is 128 cm³/mol. The first-order valence-corrected chi connectivity index (χ1v) is 12.4. The first-order valence-electron chi connectivity index (χ1n) is 12.4. The van der Waals surface area contributed by atoms with Crippen LogP contribution >= 0.6 is 0 Å². The van der Waals surface area contributed by atoms with Gasteiger partial charge in [0.2, 0.25) is 5.95 Å². The summed E-state index contributed by atoms with van der Waals surface area (Å²) < 4.78 is 21.6. The molecule has 2 bridgehead atoms. The second-order valence-electron chi connectivity index (χ2n) is 11.5. The maximum Gasteiger partial charge on any atom is 0.313 e. The molecule has 2 saturated carbocycles. The fraction of sp³-hybridized carbons (Fsp3) is 0.577. The number of anilines is 1. The molecule has 0 N–H and O–H groups in total. The average molecular weight is 496 g/mol. The molecule has 4 heterocycles. The molecule has 190 valence electrons. The monoisotopic (exact) mass is 495 g/mol. The number of hydrogen-bond acceptors (Lipinski definition) is 7. The number of hydrogen-bond donors (Lipinski definition) is 0. The topological polar surface area (TPSA) is 97.6 Å². The standard InChI is InChI=1S/C26H30FN5O4/c1-24(2)25(3)7-8-26(24,36-22(25)35)21(34)32-12-15-16(13-32)20(15)31(5)23-29-18(10-19(33)30(23)4)14-6-9-28-11-17(14)27/h6,9-11,15-16,20H,7-8,12-13H2,1-5H3/t15-,16+,20?,25-,26-/m0/s1. The summed E-state index contributed by atoms with van der Waals surface area (Å²) in [5.41, 5.74) is -2.09. The van der Waals surface area contributed by atoms with Gasteiger partial charge in [-0.05, 0) is 25.8 Å². The minimum atomic E-state index is -1.09. The van der Waals surface area contributed by atoms with Gasteiger partial charge in [-0.15, -0.1) is 0 Å². The van der Waals surface area contributed by atoms with Gasteiger partial charge in [0, 0.05) is 68.3 Å². The summed E-state index contributed by atoms with van der Waals surface area (Å²) in [6.45, 7) is 6.99. The van der Waals surface area contributed by atoms with Crippen LogP contribution in [-0.2, 0) is 21.4 Å². The van der Waals surface area contributed by atoms with Crippen molar-refractivity contribution in [3.05, 3.63) is 40.7 Å². The van der Waals surface area contributed by atoms with Crippen LogP contribution < -0.4 is 10.5 Å². The van der Waals surface area contributed by atoms with Crippen LogP contribution in [0.2, 0.25) is 0 Å². The lowest BCUT2D eigenvalue weighted by Gasteiger charge is -2.38. The van der Waals surface area contributed by atoms with E-state index in [4.69, 9.17) is 4.74 Å². The molecule has 10 heteroatoms. The third kappa shape index (κ3) is 2.72. The molecule has 1 amide bonds. The van der Waals surface area contributed by atoms with Gasteiger partial charge in [0.15, 0.2) is 11.4 Å². The molecule has 0 spiro atoms. The molecule has 36 heavy (non-hydrogen) atoms. The Kier molecular flexibility index (Phi) is 4.58. The lowest BCUT2D eigenvalue weighted by Crippen LogP contribution is -2.55. The van der Waals surface area contributed by atoms with E-state index in [1.807, 2.05) is 37.6 Å². The Hall–Kier alpha value is -3.30. The highest BCUT2D eigenvalue weighted by molar-refractivity contribution is 5.96. The summed E-state index contributed by atoms with van der Waals surface area (Å²) >= 11 is 0. The molecule has 2 aromatic heterocycles. The van der Waals surface area contributed by atoms with Crippen LogP contribution in [0.5, 0.6) is 0 Å². The van der Waals surface area contributed by atoms with Crippen LogP contribution in [0, 0.1) is 28.5 Å². The second-order valence-corrected chi connectivity index (χ2v) is 11.5. The Morgan fingerprint density at radius 2 is 1.89 bits per heavy atom.